The molecular weight excluding hydrogens is 330 g/mol. The van der Waals surface area contributed by atoms with E-state index in [1.807, 2.05) is 42.0 Å². The minimum Gasteiger partial charge on any atom is -0.372 e. The van der Waals surface area contributed by atoms with Crippen molar-refractivity contribution in [1.82, 2.24) is 19.4 Å². The molecule has 3 heterocycles. The third kappa shape index (κ3) is 2.51. The third-order valence-corrected chi connectivity index (χ3v) is 4.04. The number of fused-ring (bicyclic) bond motifs is 1. The molecule has 0 amide bonds. The molecule has 0 spiro atoms. The standard InChI is InChI=1S/C15H16BrN5/c1-9(2)13-12(16)15(17-3)20-14(19-13)10-8-21-7-5-4-6-11(21)18-10/h4-9H,1-3H3,(H,17,19,20). The van der Waals surface area contributed by atoms with Crippen LogP contribution in [0.4, 0.5) is 5.82 Å². The van der Waals surface area contributed by atoms with Crippen molar-refractivity contribution in [2.45, 2.75) is 19.8 Å². The van der Waals surface area contributed by atoms with Crippen molar-refractivity contribution in [3.05, 3.63) is 40.8 Å². The highest BCUT2D eigenvalue weighted by atomic mass is 79.9. The molecule has 108 valence electrons. The molecule has 21 heavy (non-hydrogen) atoms. The van der Waals surface area contributed by atoms with E-state index in [0.29, 0.717) is 11.7 Å². The average Bonchev–Trinajstić information content (AvgIpc) is 2.91. The molecule has 0 aliphatic carbocycles. The number of rotatable bonds is 3. The summed E-state index contributed by atoms with van der Waals surface area (Å²) in [6.07, 6.45) is 3.91. The van der Waals surface area contributed by atoms with E-state index in [1.54, 1.807) is 0 Å². The highest BCUT2D eigenvalue weighted by Gasteiger charge is 2.16. The van der Waals surface area contributed by atoms with Crippen LogP contribution >= 0.6 is 15.9 Å². The maximum Gasteiger partial charge on any atom is 0.182 e. The molecule has 0 fully saturated rings. The second-order valence-corrected chi connectivity index (χ2v) is 5.88. The fraction of sp³-hybridized carbons (Fsp3) is 0.267. The van der Waals surface area contributed by atoms with Crippen molar-refractivity contribution in [2.24, 2.45) is 0 Å². The van der Waals surface area contributed by atoms with Gasteiger partial charge in [-0.25, -0.2) is 15.0 Å². The van der Waals surface area contributed by atoms with Crippen LogP contribution in [-0.4, -0.2) is 26.4 Å². The topological polar surface area (TPSA) is 55.1 Å². The van der Waals surface area contributed by atoms with Gasteiger partial charge in [0, 0.05) is 19.4 Å². The summed E-state index contributed by atoms with van der Waals surface area (Å²) in [7, 11) is 1.85. The maximum absolute atomic E-state index is 4.67. The van der Waals surface area contributed by atoms with Gasteiger partial charge in [-0.3, -0.25) is 0 Å². The number of imidazole rings is 1. The van der Waals surface area contributed by atoms with E-state index in [9.17, 15) is 0 Å². The zero-order valence-corrected chi connectivity index (χ0v) is 13.7. The minimum atomic E-state index is 0.297. The van der Waals surface area contributed by atoms with E-state index in [4.69, 9.17) is 0 Å². The normalized spacial score (nSPS) is 11.3. The molecular formula is C15H16BrN5. The van der Waals surface area contributed by atoms with Gasteiger partial charge in [-0.1, -0.05) is 19.9 Å². The number of anilines is 1. The summed E-state index contributed by atoms with van der Waals surface area (Å²) < 4.78 is 2.88. The van der Waals surface area contributed by atoms with Crippen LogP contribution in [0.2, 0.25) is 0 Å². The van der Waals surface area contributed by atoms with Crippen LogP contribution < -0.4 is 5.32 Å². The average molecular weight is 346 g/mol. The molecule has 0 saturated heterocycles. The Kier molecular flexibility index (Phi) is 3.63. The Morgan fingerprint density at radius 1 is 1.19 bits per heavy atom. The largest absolute Gasteiger partial charge is 0.372 e. The summed E-state index contributed by atoms with van der Waals surface area (Å²) in [5.74, 6) is 1.71. The summed E-state index contributed by atoms with van der Waals surface area (Å²) in [6, 6.07) is 5.90. The quantitative estimate of drug-likeness (QED) is 0.785. The first-order valence-corrected chi connectivity index (χ1v) is 7.58. The number of pyridine rings is 1. The molecule has 3 aromatic rings. The molecule has 0 unspecified atom stereocenters. The van der Waals surface area contributed by atoms with Crippen molar-refractivity contribution in [3.63, 3.8) is 0 Å². The molecule has 0 atom stereocenters. The van der Waals surface area contributed by atoms with Crippen molar-refractivity contribution < 1.29 is 0 Å². The first-order chi connectivity index (χ1) is 10.1. The zero-order valence-electron chi connectivity index (χ0n) is 12.1. The second kappa shape index (κ2) is 5.44. The molecule has 0 bridgehead atoms. The molecule has 0 radical (unpaired) electrons. The summed E-state index contributed by atoms with van der Waals surface area (Å²) in [5, 5.41) is 3.10. The maximum atomic E-state index is 4.67. The van der Waals surface area contributed by atoms with Crippen LogP contribution in [-0.2, 0) is 0 Å². The van der Waals surface area contributed by atoms with Crippen molar-refractivity contribution >= 4 is 27.4 Å². The van der Waals surface area contributed by atoms with Crippen LogP contribution in [0.3, 0.4) is 0 Å². The highest BCUT2D eigenvalue weighted by molar-refractivity contribution is 9.10. The summed E-state index contributed by atoms with van der Waals surface area (Å²) in [4.78, 5) is 13.8. The predicted octanol–water partition coefficient (Wildman–Crippen LogP) is 3.72. The highest BCUT2D eigenvalue weighted by Crippen LogP contribution is 2.30. The molecule has 0 aliphatic rings. The predicted molar refractivity (Wildman–Crippen MR) is 87.6 cm³/mol. The number of hydrogen-bond donors (Lipinski definition) is 1. The lowest BCUT2D eigenvalue weighted by atomic mass is 10.1. The van der Waals surface area contributed by atoms with Crippen molar-refractivity contribution in [3.8, 4) is 11.5 Å². The Morgan fingerprint density at radius 2 is 2.00 bits per heavy atom. The van der Waals surface area contributed by atoms with E-state index >= 15 is 0 Å². The van der Waals surface area contributed by atoms with Gasteiger partial charge in [0.2, 0.25) is 0 Å². The monoisotopic (exact) mass is 345 g/mol. The number of nitrogens with zero attached hydrogens (tertiary/aromatic N) is 4. The number of nitrogens with one attached hydrogen (secondary N) is 1. The van der Waals surface area contributed by atoms with Gasteiger partial charge in [-0.05, 0) is 34.0 Å². The number of aromatic nitrogens is 4. The van der Waals surface area contributed by atoms with Crippen LogP contribution in [0.1, 0.15) is 25.5 Å². The smallest absolute Gasteiger partial charge is 0.182 e. The van der Waals surface area contributed by atoms with Crippen LogP contribution in [0.5, 0.6) is 0 Å². The lowest BCUT2D eigenvalue weighted by Gasteiger charge is -2.12. The first kappa shape index (κ1) is 14.0. The van der Waals surface area contributed by atoms with Crippen molar-refractivity contribution in [2.75, 3.05) is 12.4 Å². The van der Waals surface area contributed by atoms with Gasteiger partial charge < -0.3 is 9.72 Å². The Bertz CT molecular complexity index is 761. The van der Waals surface area contributed by atoms with Crippen LogP contribution in [0.15, 0.2) is 35.1 Å². The van der Waals surface area contributed by atoms with Gasteiger partial charge in [0.25, 0.3) is 0 Å². The Morgan fingerprint density at radius 3 is 2.67 bits per heavy atom. The first-order valence-electron chi connectivity index (χ1n) is 6.79. The molecule has 3 aromatic heterocycles. The number of hydrogen-bond acceptors (Lipinski definition) is 4. The van der Waals surface area contributed by atoms with Gasteiger partial charge in [0.05, 0.1) is 10.2 Å². The number of halogens is 1. The van der Waals surface area contributed by atoms with E-state index in [-0.39, 0.29) is 0 Å². The summed E-state index contributed by atoms with van der Waals surface area (Å²) >= 11 is 3.57. The van der Waals surface area contributed by atoms with E-state index in [2.05, 4.69) is 50.0 Å². The SMILES string of the molecule is CNc1nc(-c2cn3ccccc3n2)nc(C(C)C)c1Br. The molecule has 1 N–H and O–H groups in total. The molecule has 0 saturated carbocycles. The third-order valence-electron chi connectivity index (χ3n) is 3.25. The molecule has 6 heteroatoms. The van der Waals surface area contributed by atoms with Crippen LogP contribution in [0, 0.1) is 0 Å². The van der Waals surface area contributed by atoms with Gasteiger partial charge >= 0.3 is 0 Å². The van der Waals surface area contributed by atoms with E-state index < -0.39 is 0 Å². The second-order valence-electron chi connectivity index (χ2n) is 5.09. The lowest BCUT2D eigenvalue weighted by Crippen LogP contribution is -2.04. The molecule has 0 aromatic carbocycles. The fourth-order valence-electron chi connectivity index (χ4n) is 2.17. The molecule has 5 nitrogen and oxygen atoms in total. The Hall–Kier alpha value is -1.95. The van der Waals surface area contributed by atoms with Gasteiger partial charge in [-0.2, -0.15) is 0 Å². The Balaban J connectivity index is 2.19. The van der Waals surface area contributed by atoms with E-state index in [1.165, 1.54) is 0 Å². The van der Waals surface area contributed by atoms with Crippen LogP contribution in [0.25, 0.3) is 17.2 Å². The zero-order chi connectivity index (χ0) is 15.0. The fourth-order valence-corrected chi connectivity index (χ4v) is 3.00. The van der Waals surface area contributed by atoms with Gasteiger partial charge in [0.15, 0.2) is 5.82 Å². The lowest BCUT2D eigenvalue weighted by molar-refractivity contribution is 0.809. The van der Waals surface area contributed by atoms with Gasteiger partial charge in [0.1, 0.15) is 17.2 Å². The van der Waals surface area contributed by atoms with Gasteiger partial charge in [-0.15, -0.1) is 0 Å². The Labute approximate surface area is 131 Å². The summed E-state index contributed by atoms with van der Waals surface area (Å²) in [6.45, 7) is 4.22. The molecule has 3 rings (SSSR count). The van der Waals surface area contributed by atoms with Crippen molar-refractivity contribution in [1.29, 1.82) is 0 Å². The van der Waals surface area contributed by atoms with E-state index in [0.717, 1.165) is 27.3 Å². The summed E-state index contributed by atoms with van der Waals surface area (Å²) in [5.41, 5.74) is 2.63. The minimum absolute atomic E-state index is 0.297. The molecule has 0 aliphatic heterocycles.